The van der Waals surface area contributed by atoms with Crippen LogP contribution in [-0.2, 0) is 25.9 Å². The van der Waals surface area contributed by atoms with Gasteiger partial charge in [0.25, 0.3) is 0 Å². The summed E-state index contributed by atoms with van der Waals surface area (Å²) in [6.07, 6.45) is 1.77. The first-order valence-corrected chi connectivity index (χ1v) is 13.4. The topological polar surface area (TPSA) is 61.4 Å². The number of fused-ring (bicyclic) bond motifs is 1. The van der Waals surface area contributed by atoms with Gasteiger partial charge in [0.05, 0.1) is 0 Å². The van der Waals surface area contributed by atoms with E-state index in [0.717, 1.165) is 59.5 Å². The highest BCUT2D eigenvalue weighted by atomic mass is 32.1. The average molecular weight is 535 g/mol. The molecule has 0 saturated heterocycles. The normalized spacial score (nSPS) is 11.3. The first-order valence-electron chi connectivity index (χ1n) is 12.5. The van der Waals surface area contributed by atoms with Crippen LogP contribution in [0.5, 0.6) is 0 Å². The summed E-state index contributed by atoms with van der Waals surface area (Å²) in [5, 5.41) is 20.8. The Hall–Kier alpha value is -3.88. The minimum atomic E-state index is 0.615. The van der Waals surface area contributed by atoms with Gasteiger partial charge in [0.15, 0.2) is 22.0 Å². The second kappa shape index (κ2) is 10.8. The van der Waals surface area contributed by atoms with E-state index in [9.17, 15) is 0 Å². The van der Waals surface area contributed by atoms with Crippen LogP contribution in [0.15, 0.2) is 107 Å². The Balaban J connectivity index is 1.26. The van der Waals surface area contributed by atoms with Crippen LogP contribution < -0.4 is 0 Å². The summed E-state index contributed by atoms with van der Waals surface area (Å²) in [7, 11) is 0. The van der Waals surface area contributed by atoms with E-state index in [-0.39, 0.29) is 0 Å². The van der Waals surface area contributed by atoms with E-state index < -0.39 is 0 Å². The molecular weight excluding hydrogens is 509 g/mol. The summed E-state index contributed by atoms with van der Waals surface area (Å²) < 4.78 is 4.13. The van der Waals surface area contributed by atoms with Gasteiger partial charge in [0.1, 0.15) is 0 Å². The molecular formula is C30H26N6S2. The van der Waals surface area contributed by atoms with Gasteiger partial charge in [0.2, 0.25) is 0 Å². The van der Waals surface area contributed by atoms with E-state index in [0.29, 0.717) is 10.3 Å². The van der Waals surface area contributed by atoms with Crippen LogP contribution >= 0.6 is 25.3 Å². The Morgan fingerprint density at radius 1 is 0.500 bits per heavy atom. The molecule has 0 radical (unpaired) electrons. The van der Waals surface area contributed by atoms with Crippen molar-refractivity contribution in [1.29, 1.82) is 0 Å². The van der Waals surface area contributed by atoms with Gasteiger partial charge in [-0.25, -0.2) is 0 Å². The molecule has 0 fully saturated rings. The Morgan fingerprint density at radius 2 is 0.921 bits per heavy atom. The number of aromatic nitrogens is 6. The highest BCUT2D eigenvalue weighted by Gasteiger charge is 2.15. The molecule has 0 unspecified atom stereocenters. The molecule has 4 aromatic carbocycles. The molecule has 2 heterocycles. The van der Waals surface area contributed by atoms with E-state index in [1.165, 1.54) is 11.1 Å². The van der Waals surface area contributed by atoms with Crippen molar-refractivity contribution in [3.05, 3.63) is 108 Å². The molecule has 0 aliphatic heterocycles. The van der Waals surface area contributed by atoms with Crippen LogP contribution in [0.2, 0.25) is 0 Å². The van der Waals surface area contributed by atoms with Crippen LogP contribution in [0.25, 0.3) is 33.5 Å². The third kappa shape index (κ3) is 5.10. The molecule has 0 amide bonds. The molecule has 38 heavy (non-hydrogen) atoms. The number of benzene rings is 4. The zero-order valence-electron chi connectivity index (χ0n) is 20.6. The van der Waals surface area contributed by atoms with Crippen LogP contribution in [0.4, 0.5) is 0 Å². The fourth-order valence-electron chi connectivity index (χ4n) is 4.72. The molecule has 0 bridgehead atoms. The third-order valence-corrected chi connectivity index (χ3v) is 7.41. The van der Waals surface area contributed by atoms with Crippen LogP contribution in [0.3, 0.4) is 0 Å². The number of nitrogens with zero attached hydrogens (tertiary/aromatic N) is 6. The Bertz CT molecular complexity index is 1570. The molecule has 188 valence electrons. The summed E-state index contributed by atoms with van der Waals surface area (Å²) in [4.78, 5) is 0. The SMILES string of the molecule is Sc1nnc(-c2ccc3cc(-c4nnc(S)n4CCc4ccccc4)ccc3c2)n1CCc1ccccc1. The number of hydrogen-bond acceptors (Lipinski definition) is 6. The monoisotopic (exact) mass is 534 g/mol. The summed E-state index contributed by atoms with van der Waals surface area (Å²) in [5.41, 5.74) is 4.56. The lowest BCUT2D eigenvalue weighted by Crippen LogP contribution is -2.05. The highest BCUT2D eigenvalue weighted by molar-refractivity contribution is 7.80. The molecule has 0 atom stereocenters. The first kappa shape index (κ1) is 24.5. The fourth-order valence-corrected chi connectivity index (χ4v) is 5.20. The number of rotatable bonds is 8. The molecule has 6 aromatic rings. The molecule has 2 aromatic heterocycles. The first-order chi connectivity index (χ1) is 18.7. The van der Waals surface area contributed by atoms with Gasteiger partial charge >= 0.3 is 0 Å². The van der Waals surface area contributed by atoms with Crippen molar-refractivity contribution in [3.8, 4) is 22.8 Å². The van der Waals surface area contributed by atoms with E-state index in [4.69, 9.17) is 0 Å². The lowest BCUT2D eigenvalue weighted by molar-refractivity contribution is 0.641. The second-order valence-corrected chi connectivity index (χ2v) is 10.00. The van der Waals surface area contributed by atoms with Crippen molar-refractivity contribution >= 4 is 36.0 Å². The summed E-state index contributed by atoms with van der Waals surface area (Å²) >= 11 is 9.13. The molecule has 6 nitrogen and oxygen atoms in total. The smallest absolute Gasteiger partial charge is 0.188 e. The Kier molecular flexibility index (Phi) is 6.98. The molecule has 0 spiro atoms. The summed E-state index contributed by atoms with van der Waals surface area (Å²) in [6, 6.07) is 33.6. The van der Waals surface area contributed by atoms with Crippen molar-refractivity contribution in [3.63, 3.8) is 0 Å². The zero-order valence-corrected chi connectivity index (χ0v) is 22.4. The van der Waals surface area contributed by atoms with Gasteiger partial charge in [-0.05, 0) is 46.9 Å². The standard InChI is InChI=1S/C30H26N6S2/c37-29-33-31-27(35(29)17-15-21-7-3-1-4-8-21)25-13-11-24-20-26(14-12-23(24)19-25)28-32-34-30(38)36(28)18-16-22-9-5-2-6-10-22/h1-14,19-20H,15-18H2,(H,33,37)(H,34,38). The van der Waals surface area contributed by atoms with Gasteiger partial charge in [0, 0.05) is 24.2 Å². The lowest BCUT2D eigenvalue weighted by Gasteiger charge is -2.11. The number of hydrogen-bond donors (Lipinski definition) is 2. The average Bonchev–Trinajstić information content (AvgIpc) is 3.52. The maximum absolute atomic E-state index is 4.56. The Morgan fingerprint density at radius 3 is 1.34 bits per heavy atom. The van der Waals surface area contributed by atoms with Crippen molar-refractivity contribution in [2.75, 3.05) is 0 Å². The van der Waals surface area contributed by atoms with Crippen molar-refractivity contribution in [2.45, 2.75) is 36.2 Å². The minimum Gasteiger partial charge on any atom is -0.302 e. The lowest BCUT2D eigenvalue weighted by atomic mass is 10.0. The largest absolute Gasteiger partial charge is 0.302 e. The molecule has 0 saturated carbocycles. The Labute approximate surface area is 232 Å². The zero-order chi connectivity index (χ0) is 25.9. The van der Waals surface area contributed by atoms with Crippen molar-refractivity contribution in [1.82, 2.24) is 29.5 Å². The maximum Gasteiger partial charge on any atom is 0.188 e. The molecule has 8 heteroatoms. The molecule has 6 rings (SSSR count). The highest BCUT2D eigenvalue weighted by Crippen LogP contribution is 2.29. The fraction of sp³-hybridized carbons (Fsp3) is 0.133. The quantitative estimate of drug-likeness (QED) is 0.221. The predicted molar refractivity (Wildman–Crippen MR) is 157 cm³/mol. The van der Waals surface area contributed by atoms with Crippen LogP contribution in [0, 0.1) is 0 Å². The van der Waals surface area contributed by atoms with Gasteiger partial charge in [-0.3, -0.25) is 0 Å². The number of aryl methyl sites for hydroxylation is 2. The van der Waals surface area contributed by atoms with Crippen molar-refractivity contribution < 1.29 is 0 Å². The second-order valence-electron chi connectivity index (χ2n) is 9.20. The van der Waals surface area contributed by atoms with Crippen LogP contribution in [0.1, 0.15) is 11.1 Å². The molecule has 0 aliphatic rings. The minimum absolute atomic E-state index is 0.615. The van der Waals surface area contributed by atoms with Crippen LogP contribution in [-0.4, -0.2) is 29.5 Å². The third-order valence-electron chi connectivity index (χ3n) is 6.75. The van der Waals surface area contributed by atoms with E-state index in [1.807, 2.05) is 12.1 Å². The summed E-state index contributed by atoms with van der Waals surface area (Å²) in [5.74, 6) is 1.63. The maximum atomic E-state index is 4.56. The van der Waals surface area contributed by atoms with Crippen molar-refractivity contribution in [2.24, 2.45) is 0 Å². The van der Waals surface area contributed by atoms with Gasteiger partial charge in [-0.2, -0.15) is 0 Å². The van der Waals surface area contributed by atoms with E-state index in [2.05, 4.69) is 140 Å². The predicted octanol–water partition coefficient (Wildman–Crippen LogP) is 6.42. The van der Waals surface area contributed by atoms with E-state index >= 15 is 0 Å². The molecule has 0 N–H and O–H groups in total. The molecule has 0 aliphatic carbocycles. The van der Waals surface area contributed by atoms with Gasteiger partial charge in [-0.1, -0.05) is 84.9 Å². The van der Waals surface area contributed by atoms with E-state index in [1.54, 1.807) is 0 Å². The van der Waals surface area contributed by atoms with Gasteiger partial charge < -0.3 is 9.13 Å². The number of thiol groups is 2. The summed E-state index contributed by atoms with van der Waals surface area (Å²) in [6.45, 7) is 1.51. The van der Waals surface area contributed by atoms with Gasteiger partial charge in [-0.15, -0.1) is 45.7 Å².